The number of hydrogen-bond acceptors (Lipinski definition) is 5. The lowest BCUT2D eigenvalue weighted by Crippen LogP contribution is -2.08. The normalized spacial score (nSPS) is 11.0. The molecule has 0 atom stereocenters. The molecule has 1 aromatic heterocycles. The third-order valence-corrected chi connectivity index (χ3v) is 4.23. The van der Waals surface area contributed by atoms with Crippen molar-refractivity contribution in [2.45, 2.75) is 20.8 Å². The minimum atomic E-state index is -0.482. The number of ether oxygens (including phenoxy) is 1. The molecule has 0 spiro atoms. The van der Waals surface area contributed by atoms with Gasteiger partial charge in [-0.05, 0) is 50.1 Å². The van der Waals surface area contributed by atoms with Gasteiger partial charge in [-0.15, -0.1) is 0 Å². The van der Waals surface area contributed by atoms with Crippen LogP contribution in [0, 0.1) is 25.2 Å². The molecule has 0 aliphatic carbocycles. The van der Waals surface area contributed by atoms with Gasteiger partial charge in [-0.3, -0.25) is 4.79 Å². The third kappa shape index (κ3) is 4.26. The van der Waals surface area contributed by atoms with E-state index >= 15 is 0 Å². The van der Waals surface area contributed by atoms with Gasteiger partial charge in [-0.25, -0.2) is 4.79 Å². The van der Waals surface area contributed by atoms with Crippen molar-refractivity contribution in [3.05, 3.63) is 57.9 Å². The number of anilines is 1. The maximum Gasteiger partial charge on any atom is 0.340 e. The van der Waals surface area contributed by atoms with Gasteiger partial charge in [0.15, 0.2) is 0 Å². The van der Waals surface area contributed by atoms with Crippen molar-refractivity contribution in [3.8, 4) is 6.07 Å². The van der Waals surface area contributed by atoms with E-state index in [1.165, 1.54) is 0 Å². The fraction of sp³-hybridized carbons (Fsp3) is 0.286. The first kappa shape index (κ1) is 20.0. The largest absolute Gasteiger partial charge is 0.462 e. The summed E-state index contributed by atoms with van der Waals surface area (Å²) < 4.78 is 5.04. The Kier molecular flexibility index (Phi) is 6.19. The van der Waals surface area contributed by atoms with Crippen LogP contribution in [-0.2, 0) is 4.74 Å². The monoisotopic (exact) mass is 365 g/mol. The van der Waals surface area contributed by atoms with Crippen LogP contribution < -0.4 is 4.90 Å². The van der Waals surface area contributed by atoms with Crippen LogP contribution in [0.5, 0.6) is 0 Å². The number of benzene rings is 1. The molecule has 0 unspecified atom stereocenters. The molecular formula is C21H23N3O3. The molecule has 0 aliphatic heterocycles. The summed E-state index contributed by atoms with van der Waals surface area (Å²) in [6.45, 7) is 5.34. The summed E-state index contributed by atoms with van der Waals surface area (Å²) in [7, 11) is 3.87. The second-order valence-corrected chi connectivity index (χ2v) is 6.33. The molecule has 1 N–H and O–H groups in total. The minimum Gasteiger partial charge on any atom is -0.462 e. The highest BCUT2D eigenvalue weighted by molar-refractivity contribution is 6.15. The molecule has 0 fully saturated rings. The van der Waals surface area contributed by atoms with E-state index in [9.17, 15) is 14.9 Å². The second kappa shape index (κ2) is 8.37. The van der Waals surface area contributed by atoms with E-state index in [-0.39, 0.29) is 17.9 Å². The van der Waals surface area contributed by atoms with Crippen molar-refractivity contribution in [3.63, 3.8) is 0 Å². The smallest absolute Gasteiger partial charge is 0.340 e. The third-order valence-electron chi connectivity index (χ3n) is 4.23. The minimum absolute atomic E-state index is 0.00707. The van der Waals surface area contributed by atoms with Gasteiger partial charge in [0.25, 0.3) is 0 Å². The number of nitrogens with zero attached hydrogens (tertiary/aromatic N) is 2. The first-order chi connectivity index (χ1) is 12.8. The number of rotatable bonds is 6. The molecule has 0 radical (unpaired) electrons. The summed E-state index contributed by atoms with van der Waals surface area (Å²) in [4.78, 5) is 29.8. The van der Waals surface area contributed by atoms with E-state index in [1.54, 1.807) is 26.8 Å². The summed E-state index contributed by atoms with van der Waals surface area (Å²) in [6, 6.07) is 9.47. The number of hydrogen-bond donors (Lipinski definition) is 1. The maximum atomic E-state index is 12.8. The highest BCUT2D eigenvalue weighted by Crippen LogP contribution is 2.23. The van der Waals surface area contributed by atoms with E-state index < -0.39 is 11.8 Å². The van der Waals surface area contributed by atoms with Crippen molar-refractivity contribution in [1.82, 2.24) is 4.98 Å². The van der Waals surface area contributed by atoms with Crippen LogP contribution in [0.4, 0.5) is 5.69 Å². The lowest BCUT2D eigenvalue weighted by Gasteiger charge is -2.11. The molecule has 0 amide bonds. The molecular weight excluding hydrogens is 342 g/mol. The predicted molar refractivity (Wildman–Crippen MR) is 105 cm³/mol. The number of esters is 1. The number of Topliss-reactive ketones (excluding diaryl/α,β-unsaturated/α-hetero) is 1. The average Bonchev–Trinajstić information content (AvgIpc) is 2.94. The zero-order valence-corrected chi connectivity index (χ0v) is 16.2. The van der Waals surface area contributed by atoms with E-state index in [4.69, 9.17) is 4.74 Å². The molecule has 0 saturated heterocycles. The van der Waals surface area contributed by atoms with E-state index in [1.807, 2.05) is 49.3 Å². The second-order valence-electron chi connectivity index (χ2n) is 6.33. The SMILES string of the molecule is CCOC(=O)c1c(C)[nH]c(C(=O)/C(C#N)=C\c2ccc(N(C)C)cc2)c1C. The summed E-state index contributed by atoms with van der Waals surface area (Å²) in [5.41, 5.74) is 3.36. The van der Waals surface area contributed by atoms with Crippen molar-refractivity contribution in [2.75, 3.05) is 25.6 Å². The van der Waals surface area contributed by atoms with Gasteiger partial charge in [0, 0.05) is 25.5 Å². The Morgan fingerprint density at radius 3 is 2.37 bits per heavy atom. The highest BCUT2D eigenvalue weighted by Gasteiger charge is 2.24. The molecule has 6 heteroatoms. The van der Waals surface area contributed by atoms with E-state index in [2.05, 4.69) is 4.98 Å². The number of nitriles is 1. The lowest BCUT2D eigenvalue weighted by atomic mass is 10.0. The number of carbonyl (C=O) groups excluding carboxylic acids is 2. The van der Waals surface area contributed by atoms with Crippen molar-refractivity contribution in [1.29, 1.82) is 5.26 Å². The molecule has 0 aliphatic rings. The molecule has 6 nitrogen and oxygen atoms in total. The highest BCUT2D eigenvalue weighted by atomic mass is 16.5. The lowest BCUT2D eigenvalue weighted by molar-refractivity contribution is 0.0525. The molecule has 2 aromatic rings. The Balaban J connectivity index is 2.39. The quantitative estimate of drug-likeness (QED) is 0.365. The Hall–Kier alpha value is -3.33. The van der Waals surface area contributed by atoms with Crippen molar-refractivity contribution < 1.29 is 14.3 Å². The van der Waals surface area contributed by atoms with Crippen LogP contribution in [0.1, 0.15) is 44.6 Å². The summed E-state index contributed by atoms with van der Waals surface area (Å²) >= 11 is 0. The summed E-state index contributed by atoms with van der Waals surface area (Å²) in [5.74, 6) is -0.935. The molecule has 0 saturated carbocycles. The summed E-state index contributed by atoms with van der Waals surface area (Å²) in [6.07, 6.45) is 1.54. The zero-order valence-electron chi connectivity index (χ0n) is 16.2. The van der Waals surface area contributed by atoms with Crippen LogP contribution in [0.25, 0.3) is 6.08 Å². The van der Waals surface area contributed by atoms with Crippen LogP contribution in [0.3, 0.4) is 0 Å². The van der Waals surface area contributed by atoms with Crippen LogP contribution in [0.15, 0.2) is 29.8 Å². The number of aryl methyl sites for hydroxylation is 1. The number of nitrogens with one attached hydrogen (secondary N) is 1. The number of ketones is 1. The predicted octanol–water partition coefficient (Wildman–Crippen LogP) is 3.66. The van der Waals surface area contributed by atoms with Crippen LogP contribution in [0.2, 0.25) is 0 Å². The fourth-order valence-corrected chi connectivity index (χ4v) is 2.81. The Labute approximate surface area is 159 Å². The number of aromatic amines is 1. The number of H-pyrrole nitrogens is 1. The maximum absolute atomic E-state index is 12.8. The molecule has 1 heterocycles. The summed E-state index contributed by atoms with van der Waals surface area (Å²) in [5, 5.41) is 9.47. The Bertz CT molecular complexity index is 929. The Morgan fingerprint density at radius 1 is 1.22 bits per heavy atom. The first-order valence-corrected chi connectivity index (χ1v) is 8.60. The van der Waals surface area contributed by atoms with Gasteiger partial charge >= 0.3 is 5.97 Å². The van der Waals surface area contributed by atoms with E-state index in [0.717, 1.165) is 11.3 Å². The molecule has 27 heavy (non-hydrogen) atoms. The first-order valence-electron chi connectivity index (χ1n) is 8.60. The van der Waals surface area contributed by atoms with Gasteiger partial charge in [-0.2, -0.15) is 5.26 Å². The van der Waals surface area contributed by atoms with Gasteiger partial charge < -0.3 is 14.6 Å². The Morgan fingerprint density at radius 2 is 1.85 bits per heavy atom. The topological polar surface area (TPSA) is 86.2 Å². The van der Waals surface area contributed by atoms with Crippen LogP contribution in [-0.4, -0.2) is 37.4 Å². The number of allylic oxidation sites excluding steroid dienone is 1. The van der Waals surface area contributed by atoms with Gasteiger partial charge in [-0.1, -0.05) is 12.1 Å². The number of aromatic nitrogens is 1. The fourth-order valence-electron chi connectivity index (χ4n) is 2.81. The van der Waals surface area contributed by atoms with Crippen molar-refractivity contribution >= 4 is 23.5 Å². The van der Waals surface area contributed by atoms with Gasteiger partial charge in [0.2, 0.25) is 5.78 Å². The molecule has 1 aromatic carbocycles. The average molecular weight is 365 g/mol. The zero-order chi connectivity index (χ0) is 20.1. The molecule has 2 rings (SSSR count). The number of carbonyl (C=O) groups is 2. The molecule has 140 valence electrons. The van der Waals surface area contributed by atoms with Crippen LogP contribution >= 0.6 is 0 Å². The van der Waals surface area contributed by atoms with Crippen molar-refractivity contribution in [2.24, 2.45) is 0 Å². The molecule has 0 bridgehead atoms. The van der Waals surface area contributed by atoms with Gasteiger partial charge in [0.1, 0.15) is 11.6 Å². The van der Waals surface area contributed by atoms with Gasteiger partial charge in [0.05, 0.1) is 17.9 Å². The standard InChI is InChI=1S/C21H23N3O3/c1-6-27-21(26)18-13(2)19(23-14(18)3)20(25)16(12-22)11-15-7-9-17(10-8-15)24(4)5/h7-11,23H,6H2,1-5H3/b16-11-. The van der Waals surface area contributed by atoms with E-state index in [0.29, 0.717) is 16.8 Å².